The third-order valence-corrected chi connectivity index (χ3v) is 14.3. The van der Waals surface area contributed by atoms with Crippen LogP contribution in [0.5, 0.6) is 0 Å². The van der Waals surface area contributed by atoms with Gasteiger partial charge >= 0.3 is 173 Å². The van der Waals surface area contributed by atoms with E-state index in [0.29, 0.717) is 0 Å². The Balaban J connectivity index is 0.00000256. The minimum atomic E-state index is -2.85. The van der Waals surface area contributed by atoms with Crippen LogP contribution in [0.3, 0.4) is 0 Å². The molecule has 0 bridgehead atoms. The molecule has 0 aromatic heterocycles. The second-order valence-corrected chi connectivity index (χ2v) is 14.2. The molecule has 4 rings (SSSR count). The quantitative estimate of drug-likeness (QED) is 0.214. The van der Waals surface area contributed by atoms with Crippen molar-refractivity contribution in [1.82, 2.24) is 0 Å². The Morgan fingerprint density at radius 1 is 0.600 bits per heavy atom. The van der Waals surface area contributed by atoms with Gasteiger partial charge in [0.25, 0.3) is 0 Å². The summed E-state index contributed by atoms with van der Waals surface area (Å²) in [6.45, 7) is 0. The van der Waals surface area contributed by atoms with Crippen molar-refractivity contribution in [2.24, 2.45) is 0 Å². The van der Waals surface area contributed by atoms with Crippen LogP contribution in [0.25, 0.3) is 0 Å². The van der Waals surface area contributed by atoms with Gasteiger partial charge in [0.1, 0.15) is 0 Å². The second-order valence-electron chi connectivity index (χ2n) is 6.90. The summed E-state index contributed by atoms with van der Waals surface area (Å²) < 4.78 is 4.09. The molecular formula is C25H21AsBrNO2. The molecule has 0 radical (unpaired) electrons. The summed E-state index contributed by atoms with van der Waals surface area (Å²) >= 11 is -2.85. The van der Waals surface area contributed by atoms with Crippen LogP contribution < -0.4 is 30.0 Å². The van der Waals surface area contributed by atoms with Crippen LogP contribution in [-0.4, -0.2) is 18.5 Å². The van der Waals surface area contributed by atoms with Crippen LogP contribution in [-0.2, 0) is 5.21 Å². The fourth-order valence-corrected chi connectivity index (χ4v) is 12.7. The molecule has 0 saturated carbocycles. The molecular weight excluding hydrogens is 501 g/mol. The van der Waals surface area contributed by atoms with Crippen LogP contribution in [0.4, 0.5) is 5.69 Å². The first-order valence-electron chi connectivity index (χ1n) is 9.48. The van der Waals surface area contributed by atoms with Crippen molar-refractivity contribution in [3.8, 4) is 0 Å². The smallest absolute Gasteiger partial charge is 1.00 e. The summed E-state index contributed by atoms with van der Waals surface area (Å²) in [4.78, 5) is 10.7. The number of hydrogen-bond donors (Lipinski definition) is 0. The number of rotatable bonds is 6. The number of nitro benzene ring substituents is 1. The van der Waals surface area contributed by atoms with E-state index in [-0.39, 0.29) is 27.6 Å². The summed E-state index contributed by atoms with van der Waals surface area (Å²) in [5, 5.41) is 11.9. The van der Waals surface area contributed by atoms with E-state index in [1.165, 1.54) is 13.1 Å². The van der Waals surface area contributed by atoms with Gasteiger partial charge in [0, 0.05) is 0 Å². The minimum Gasteiger partial charge on any atom is -1.00 e. The standard InChI is InChI=1S/C25H21AsNO2.BrH/c28-27(29)25-18-16-21(17-19-25)20-26(22-10-4-1-5-11-22,23-12-6-2-7-13-23)24-14-8-3-9-15-24;/h1-19H,20H2;1H/q+1;/p-1. The molecule has 0 fully saturated rings. The Morgan fingerprint density at radius 3 is 1.30 bits per heavy atom. The average Bonchev–Trinajstić information content (AvgIpc) is 2.79. The predicted octanol–water partition coefficient (Wildman–Crippen LogP) is 0.851. The van der Waals surface area contributed by atoms with E-state index in [1.54, 1.807) is 12.1 Å². The molecule has 4 aromatic carbocycles. The maximum absolute atomic E-state index is 11.1. The van der Waals surface area contributed by atoms with Gasteiger partial charge in [-0.2, -0.15) is 0 Å². The van der Waals surface area contributed by atoms with Crippen LogP contribution >= 0.6 is 0 Å². The Bertz CT molecular complexity index is 992. The largest absolute Gasteiger partial charge is 1.00 e. The van der Waals surface area contributed by atoms with Crippen molar-refractivity contribution >= 4 is 32.3 Å². The molecule has 0 unspecified atom stereocenters. The Kier molecular flexibility index (Phi) is 7.25. The molecule has 3 nitrogen and oxygen atoms in total. The molecule has 0 N–H and O–H groups in total. The third-order valence-electron chi connectivity index (χ3n) is 5.16. The molecule has 0 heterocycles. The van der Waals surface area contributed by atoms with Gasteiger partial charge in [-0.3, -0.25) is 0 Å². The van der Waals surface area contributed by atoms with E-state index in [2.05, 4.69) is 91.0 Å². The molecule has 4 aromatic rings. The topological polar surface area (TPSA) is 43.1 Å². The Hall–Kier alpha value is -2.68. The molecule has 0 aliphatic carbocycles. The van der Waals surface area contributed by atoms with Gasteiger partial charge in [0.15, 0.2) is 0 Å². The molecule has 0 saturated heterocycles. The number of halogens is 1. The number of hydrogen-bond acceptors (Lipinski definition) is 2. The number of non-ortho nitro benzene ring substituents is 1. The van der Waals surface area contributed by atoms with E-state index >= 15 is 0 Å². The normalized spacial score (nSPS) is 10.8. The van der Waals surface area contributed by atoms with Crippen molar-refractivity contribution in [3.05, 3.63) is 131 Å². The zero-order valence-corrected chi connectivity index (χ0v) is 19.7. The van der Waals surface area contributed by atoms with Gasteiger partial charge in [-0.25, -0.2) is 0 Å². The average molecular weight is 522 g/mol. The van der Waals surface area contributed by atoms with Crippen molar-refractivity contribution < 1.29 is 21.9 Å². The molecule has 0 atom stereocenters. The first-order chi connectivity index (χ1) is 14.2. The van der Waals surface area contributed by atoms with Gasteiger partial charge in [0.05, 0.1) is 0 Å². The van der Waals surface area contributed by atoms with Crippen LogP contribution in [0.1, 0.15) is 5.56 Å². The molecule has 5 heteroatoms. The Morgan fingerprint density at radius 2 is 0.967 bits per heavy atom. The van der Waals surface area contributed by atoms with Crippen molar-refractivity contribution in [3.63, 3.8) is 0 Å². The predicted molar refractivity (Wildman–Crippen MR) is 121 cm³/mol. The van der Waals surface area contributed by atoms with E-state index < -0.39 is 13.6 Å². The maximum Gasteiger partial charge on any atom is -1.00 e. The van der Waals surface area contributed by atoms with Gasteiger partial charge in [-0.15, -0.1) is 0 Å². The van der Waals surface area contributed by atoms with Gasteiger partial charge in [-0.1, -0.05) is 0 Å². The Labute approximate surface area is 189 Å². The second kappa shape index (κ2) is 9.88. The zero-order chi connectivity index (χ0) is 20.1. The molecule has 0 aliphatic rings. The van der Waals surface area contributed by atoms with Crippen molar-refractivity contribution in [2.45, 2.75) is 5.21 Å². The van der Waals surface area contributed by atoms with E-state index in [1.807, 2.05) is 12.1 Å². The summed E-state index contributed by atoms with van der Waals surface area (Å²) in [5.41, 5.74) is 1.25. The van der Waals surface area contributed by atoms with Gasteiger partial charge < -0.3 is 17.0 Å². The molecule has 150 valence electrons. The van der Waals surface area contributed by atoms with Crippen LogP contribution in [0, 0.1) is 10.1 Å². The van der Waals surface area contributed by atoms with Gasteiger partial charge in [-0.05, 0) is 0 Å². The van der Waals surface area contributed by atoms with Crippen LogP contribution in [0.15, 0.2) is 115 Å². The van der Waals surface area contributed by atoms with E-state index in [4.69, 9.17) is 0 Å². The fourth-order valence-electron chi connectivity index (χ4n) is 3.77. The molecule has 0 spiro atoms. The monoisotopic (exact) mass is 521 g/mol. The molecule has 30 heavy (non-hydrogen) atoms. The molecule has 0 amide bonds. The first-order valence-corrected chi connectivity index (χ1v) is 13.6. The number of benzene rings is 4. The SMILES string of the molecule is O=[N+]([O-])c1ccc(C[As+](c2ccccc2)(c2ccccc2)c2ccccc2)cc1.[Br-]. The summed E-state index contributed by atoms with van der Waals surface area (Å²) in [6, 6.07) is 39.2. The number of nitro groups is 1. The summed E-state index contributed by atoms with van der Waals surface area (Å²) in [7, 11) is 0. The summed E-state index contributed by atoms with van der Waals surface area (Å²) in [6.07, 6.45) is 0. The summed E-state index contributed by atoms with van der Waals surface area (Å²) in [5.74, 6) is 0. The first kappa shape index (κ1) is 22.0. The molecule has 0 aliphatic heterocycles. The van der Waals surface area contributed by atoms with Crippen LogP contribution in [0.2, 0.25) is 0 Å². The van der Waals surface area contributed by atoms with Gasteiger partial charge in [0.2, 0.25) is 0 Å². The third kappa shape index (κ3) is 4.40. The van der Waals surface area contributed by atoms with Crippen molar-refractivity contribution in [1.29, 1.82) is 0 Å². The van der Waals surface area contributed by atoms with E-state index in [0.717, 1.165) is 10.8 Å². The zero-order valence-electron chi connectivity index (χ0n) is 16.3. The van der Waals surface area contributed by atoms with Crippen molar-refractivity contribution in [2.75, 3.05) is 0 Å². The number of nitrogens with zero attached hydrogens (tertiary/aromatic N) is 1. The fraction of sp³-hybridized carbons (Fsp3) is 0.0400. The minimum absolute atomic E-state index is 0. The maximum atomic E-state index is 11.1. The van der Waals surface area contributed by atoms with E-state index in [9.17, 15) is 10.1 Å².